The lowest BCUT2D eigenvalue weighted by Gasteiger charge is -2.43. The number of amides is 2. The quantitative estimate of drug-likeness (QED) is 0.619. The van der Waals surface area contributed by atoms with Gasteiger partial charge in [-0.3, -0.25) is 19.8 Å². The number of carbonyl (C=O) groups is 2. The molecule has 3 atom stereocenters. The number of nitrogens with one attached hydrogen (secondary N) is 3. The fourth-order valence-electron chi connectivity index (χ4n) is 5.75. The van der Waals surface area contributed by atoms with Crippen molar-refractivity contribution in [3.63, 3.8) is 0 Å². The minimum atomic E-state index is -0.183. The van der Waals surface area contributed by atoms with Gasteiger partial charge in [0.25, 0.3) is 0 Å². The normalized spacial score (nSPS) is 29.3. The summed E-state index contributed by atoms with van der Waals surface area (Å²) in [7, 11) is 0. The molecule has 3 fully saturated rings. The number of rotatable bonds is 5. The van der Waals surface area contributed by atoms with Gasteiger partial charge in [-0.15, -0.1) is 11.8 Å². The van der Waals surface area contributed by atoms with Crippen molar-refractivity contribution in [2.45, 2.75) is 69.5 Å². The standard InChI is InChI=1S/C26H36N4O2S/c1-17-6-5-9-20(14-17)21-16-33-23-22(21)28-26(29-25(23)32)30-12-10-19(11-13-30)24(31)27-15-18-7-3-2-4-8-18/h5-6,9,14,16,18-19,22-23,26,28H,2-4,7-8,10-13,15H2,1H3,(H,27,31)(H,29,32). The summed E-state index contributed by atoms with van der Waals surface area (Å²) in [6, 6.07) is 8.50. The maximum absolute atomic E-state index is 12.9. The van der Waals surface area contributed by atoms with E-state index in [1.165, 1.54) is 48.8 Å². The molecule has 1 aromatic rings. The Morgan fingerprint density at radius 2 is 1.94 bits per heavy atom. The van der Waals surface area contributed by atoms with Gasteiger partial charge in [0.2, 0.25) is 11.8 Å². The van der Waals surface area contributed by atoms with Gasteiger partial charge in [0.1, 0.15) is 11.5 Å². The predicted octanol–water partition coefficient (Wildman–Crippen LogP) is 3.23. The van der Waals surface area contributed by atoms with Crippen LogP contribution in [-0.2, 0) is 9.59 Å². The van der Waals surface area contributed by atoms with Crippen molar-refractivity contribution in [2.24, 2.45) is 11.8 Å². The number of aryl methyl sites for hydroxylation is 1. The molecule has 1 saturated carbocycles. The molecule has 0 bridgehead atoms. The van der Waals surface area contributed by atoms with Crippen molar-refractivity contribution in [3.8, 4) is 0 Å². The van der Waals surface area contributed by atoms with Crippen molar-refractivity contribution < 1.29 is 9.59 Å². The smallest absolute Gasteiger partial charge is 0.237 e. The molecular formula is C26H36N4O2S. The van der Waals surface area contributed by atoms with Gasteiger partial charge < -0.3 is 10.6 Å². The van der Waals surface area contributed by atoms with Crippen LogP contribution in [0.4, 0.5) is 0 Å². The van der Waals surface area contributed by atoms with E-state index in [2.05, 4.69) is 57.4 Å². The first-order chi connectivity index (χ1) is 16.1. The maximum atomic E-state index is 12.9. The van der Waals surface area contributed by atoms with Crippen molar-refractivity contribution >= 4 is 29.1 Å². The molecule has 6 nitrogen and oxygen atoms in total. The van der Waals surface area contributed by atoms with Gasteiger partial charge in [0.15, 0.2) is 0 Å². The number of benzene rings is 1. The summed E-state index contributed by atoms with van der Waals surface area (Å²) in [5, 5.41) is 12.1. The second-order valence-electron chi connectivity index (χ2n) is 10.1. The van der Waals surface area contributed by atoms with Crippen molar-refractivity contribution in [3.05, 3.63) is 40.8 Å². The van der Waals surface area contributed by atoms with Crippen LogP contribution in [0.3, 0.4) is 0 Å². The van der Waals surface area contributed by atoms with Crippen LogP contribution in [0.25, 0.3) is 5.57 Å². The first-order valence-electron chi connectivity index (χ1n) is 12.6. The zero-order chi connectivity index (χ0) is 22.8. The molecule has 3 aliphatic heterocycles. The summed E-state index contributed by atoms with van der Waals surface area (Å²) < 4.78 is 0. The Balaban J connectivity index is 1.15. The Bertz CT molecular complexity index is 905. The summed E-state index contributed by atoms with van der Waals surface area (Å²) in [5.74, 6) is 1.07. The van der Waals surface area contributed by atoms with Gasteiger partial charge in [0, 0.05) is 25.6 Å². The van der Waals surface area contributed by atoms with E-state index in [0.717, 1.165) is 32.5 Å². The minimum absolute atomic E-state index is 0.00654. The molecule has 33 heavy (non-hydrogen) atoms. The van der Waals surface area contributed by atoms with Crippen LogP contribution >= 0.6 is 11.8 Å². The Morgan fingerprint density at radius 3 is 2.70 bits per heavy atom. The summed E-state index contributed by atoms with van der Waals surface area (Å²) in [6.45, 7) is 4.57. The molecule has 5 rings (SSSR count). The van der Waals surface area contributed by atoms with Crippen LogP contribution in [0.5, 0.6) is 0 Å². The molecule has 2 saturated heterocycles. The monoisotopic (exact) mass is 468 g/mol. The minimum Gasteiger partial charge on any atom is -0.356 e. The second-order valence-corrected chi connectivity index (χ2v) is 11.1. The zero-order valence-corrected chi connectivity index (χ0v) is 20.3. The fraction of sp³-hybridized carbons (Fsp3) is 0.615. The van der Waals surface area contributed by atoms with Crippen LogP contribution in [0.15, 0.2) is 29.7 Å². The highest BCUT2D eigenvalue weighted by Gasteiger charge is 2.44. The van der Waals surface area contributed by atoms with Crippen LogP contribution in [0, 0.1) is 18.8 Å². The average molecular weight is 469 g/mol. The first-order valence-corrected chi connectivity index (χ1v) is 13.5. The Kier molecular flexibility index (Phi) is 7.09. The van der Waals surface area contributed by atoms with Gasteiger partial charge in [-0.1, -0.05) is 49.1 Å². The number of likely N-dealkylation sites (tertiary alicyclic amines) is 1. The highest BCUT2D eigenvalue weighted by Crippen LogP contribution is 2.39. The van der Waals surface area contributed by atoms with Crippen LogP contribution < -0.4 is 16.0 Å². The van der Waals surface area contributed by atoms with Crippen LogP contribution in [0.1, 0.15) is 56.1 Å². The molecule has 7 heteroatoms. The molecule has 3 unspecified atom stereocenters. The number of hydrogen-bond acceptors (Lipinski definition) is 5. The van der Waals surface area contributed by atoms with E-state index in [0.29, 0.717) is 5.92 Å². The number of hydrogen-bond donors (Lipinski definition) is 3. The Morgan fingerprint density at radius 1 is 1.15 bits per heavy atom. The predicted molar refractivity (Wildman–Crippen MR) is 133 cm³/mol. The van der Waals surface area contributed by atoms with Crippen molar-refractivity contribution in [1.29, 1.82) is 0 Å². The van der Waals surface area contributed by atoms with Gasteiger partial charge in [-0.2, -0.15) is 0 Å². The van der Waals surface area contributed by atoms with E-state index in [-0.39, 0.29) is 35.3 Å². The van der Waals surface area contributed by atoms with Crippen molar-refractivity contribution in [2.75, 3.05) is 19.6 Å². The number of piperidine rings is 1. The highest BCUT2D eigenvalue weighted by molar-refractivity contribution is 8.04. The Hall–Kier alpha value is -1.83. The molecule has 0 radical (unpaired) electrons. The summed E-state index contributed by atoms with van der Waals surface area (Å²) >= 11 is 1.61. The molecule has 3 N–H and O–H groups in total. The molecule has 178 valence electrons. The summed E-state index contributed by atoms with van der Waals surface area (Å²) in [6.07, 6.45) is 7.97. The topological polar surface area (TPSA) is 73.5 Å². The fourth-order valence-corrected chi connectivity index (χ4v) is 6.90. The third-order valence-corrected chi connectivity index (χ3v) is 8.93. The third kappa shape index (κ3) is 5.15. The lowest BCUT2D eigenvalue weighted by atomic mass is 9.89. The zero-order valence-electron chi connectivity index (χ0n) is 19.5. The molecule has 1 aromatic carbocycles. The largest absolute Gasteiger partial charge is 0.356 e. The van der Waals surface area contributed by atoms with E-state index in [1.807, 2.05) is 0 Å². The van der Waals surface area contributed by atoms with Gasteiger partial charge in [-0.25, -0.2) is 0 Å². The van der Waals surface area contributed by atoms with Crippen LogP contribution in [-0.4, -0.2) is 53.9 Å². The van der Waals surface area contributed by atoms with E-state index >= 15 is 0 Å². The molecule has 1 aliphatic carbocycles. The van der Waals surface area contributed by atoms with Gasteiger partial charge in [-0.05, 0) is 55.1 Å². The second kappa shape index (κ2) is 10.2. The van der Waals surface area contributed by atoms with E-state index in [9.17, 15) is 9.59 Å². The molecule has 4 aliphatic rings. The maximum Gasteiger partial charge on any atom is 0.237 e. The SMILES string of the molecule is Cc1cccc(C2=CSC3C(=O)NC(N4CCC(C(=O)NCC5CCCCC5)CC4)NC23)c1. The molecule has 0 aromatic heterocycles. The lowest BCUT2D eigenvalue weighted by molar-refractivity contribution is -0.129. The van der Waals surface area contributed by atoms with Crippen LogP contribution in [0.2, 0.25) is 0 Å². The van der Waals surface area contributed by atoms with E-state index in [4.69, 9.17) is 0 Å². The lowest BCUT2D eigenvalue weighted by Crippen LogP contribution is -2.68. The molecular weight excluding hydrogens is 432 g/mol. The first kappa shape index (κ1) is 22.9. The molecule has 3 heterocycles. The number of fused-ring (bicyclic) bond motifs is 1. The summed E-state index contributed by atoms with van der Waals surface area (Å²) in [5.41, 5.74) is 3.61. The van der Waals surface area contributed by atoms with Gasteiger partial charge in [0.05, 0.1) is 6.04 Å². The van der Waals surface area contributed by atoms with Crippen molar-refractivity contribution in [1.82, 2.24) is 20.9 Å². The Labute approximate surface area is 201 Å². The van der Waals surface area contributed by atoms with E-state index < -0.39 is 0 Å². The number of nitrogens with zero attached hydrogens (tertiary/aromatic N) is 1. The van der Waals surface area contributed by atoms with Gasteiger partial charge >= 0.3 is 0 Å². The molecule has 2 amide bonds. The highest BCUT2D eigenvalue weighted by atomic mass is 32.2. The molecule has 0 spiro atoms. The average Bonchev–Trinajstić information content (AvgIpc) is 3.28. The van der Waals surface area contributed by atoms with E-state index in [1.54, 1.807) is 11.8 Å². The summed E-state index contributed by atoms with van der Waals surface area (Å²) in [4.78, 5) is 27.9. The number of thioether (sulfide) groups is 1. The third-order valence-electron chi connectivity index (χ3n) is 7.76. The number of carbonyl (C=O) groups excluding carboxylic acids is 2.